The molecule has 0 bridgehead atoms. The highest BCUT2D eigenvalue weighted by Crippen LogP contribution is 2.35. The van der Waals surface area contributed by atoms with E-state index < -0.39 is 0 Å². The van der Waals surface area contributed by atoms with E-state index in [9.17, 15) is 9.59 Å². The van der Waals surface area contributed by atoms with Gasteiger partial charge < -0.3 is 14.8 Å². The number of carbonyl (C=O) groups excluding carboxylic acids is 2. The molecule has 0 saturated heterocycles. The molecule has 0 spiro atoms. The average Bonchev–Trinajstić information content (AvgIpc) is 3.46. The van der Waals surface area contributed by atoms with E-state index in [1.807, 2.05) is 30.3 Å². The van der Waals surface area contributed by atoms with E-state index in [1.54, 1.807) is 43.3 Å². The number of rotatable bonds is 5. The van der Waals surface area contributed by atoms with Gasteiger partial charge >= 0.3 is 0 Å². The molecule has 0 atom stereocenters. The zero-order chi connectivity index (χ0) is 23.7. The molecule has 5 rings (SSSR count). The number of anilines is 1. The summed E-state index contributed by atoms with van der Waals surface area (Å²) >= 11 is 7.70. The van der Waals surface area contributed by atoms with E-state index in [0.29, 0.717) is 38.4 Å². The van der Waals surface area contributed by atoms with Crippen LogP contribution in [0, 0.1) is 0 Å². The zero-order valence-electron chi connectivity index (χ0n) is 17.9. The van der Waals surface area contributed by atoms with Gasteiger partial charge in [0.2, 0.25) is 6.79 Å². The molecule has 7 nitrogen and oxygen atoms in total. The summed E-state index contributed by atoms with van der Waals surface area (Å²) in [6, 6.07) is 19.8. The first-order chi connectivity index (χ1) is 16.5. The molecule has 2 heterocycles. The summed E-state index contributed by atoms with van der Waals surface area (Å²) in [6.07, 6.45) is 0. The molecule has 0 saturated carbocycles. The molecule has 170 valence electrons. The summed E-state index contributed by atoms with van der Waals surface area (Å²) in [6.45, 7) is 1.91. The van der Waals surface area contributed by atoms with Crippen LogP contribution in [0.4, 0.5) is 5.69 Å². The van der Waals surface area contributed by atoms with Crippen LogP contribution in [0.5, 0.6) is 11.5 Å². The number of amides is 2. The van der Waals surface area contributed by atoms with Crippen molar-refractivity contribution in [3.05, 3.63) is 87.8 Å². The molecule has 1 aromatic heterocycles. The number of thiophene rings is 1. The Morgan fingerprint density at radius 2 is 1.76 bits per heavy atom. The van der Waals surface area contributed by atoms with Crippen LogP contribution in [0.3, 0.4) is 0 Å². The zero-order valence-corrected chi connectivity index (χ0v) is 19.5. The minimum atomic E-state index is -0.377. The number of ether oxygens (including phenoxy) is 2. The molecule has 2 N–H and O–H groups in total. The highest BCUT2D eigenvalue weighted by Gasteiger charge is 2.18. The number of nitrogens with zero attached hydrogens (tertiary/aromatic N) is 1. The lowest BCUT2D eigenvalue weighted by molar-refractivity contribution is 0.0958. The molecule has 9 heteroatoms. The molecule has 0 unspecified atom stereocenters. The van der Waals surface area contributed by atoms with Gasteiger partial charge in [0.15, 0.2) is 11.5 Å². The molecule has 34 heavy (non-hydrogen) atoms. The lowest BCUT2D eigenvalue weighted by atomic mass is 10.1. The first-order valence-corrected chi connectivity index (χ1v) is 11.5. The number of halogens is 1. The Morgan fingerprint density at radius 3 is 2.62 bits per heavy atom. The molecule has 0 radical (unpaired) electrons. The van der Waals surface area contributed by atoms with Crippen LogP contribution in [-0.2, 0) is 0 Å². The smallest absolute Gasteiger partial charge is 0.283 e. The van der Waals surface area contributed by atoms with Crippen LogP contribution in [0.15, 0.2) is 71.8 Å². The molecular weight excluding hydrogens is 474 g/mol. The van der Waals surface area contributed by atoms with E-state index in [0.717, 1.165) is 15.6 Å². The average molecular weight is 492 g/mol. The first kappa shape index (κ1) is 21.9. The topological polar surface area (TPSA) is 89.0 Å². The number of hydrogen-bond donors (Lipinski definition) is 2. The largest absolute Gasteiger partial charge is 0.454 e. The van der Waals surface area contributed by atoms with Crippen molar-refractivity contribution in [2.75, 3.05) is 12.1 Å². The Kier molecular flexibility index (Phi) is 5.91. The van der Waals surface area contributed by atoms with Gasteiger partial charge in [-0.25, -0.2) is 5.43 Å². The van der Waals surface area contributed by atoms with Crippen molar-refractivity contribution in [3.8, 4) is 11.5 Å². The Balaban J connectivity index is 1.29. The van der Waals surface area contributed by atoms with E-state index in [-0.39, 0.29) is 18.6 Å². The standard InChI is InChI=1S/C25H18ClN3O4S/c1-14(28-29-25(31)23-22(26)18-7-2-3-8-21(18)34-23)15-5-4-6-17(11-15)27-24(30)16-9-10-19-20(12-16)33-13-32-19/h2-12H,13H2,1H3,(H,27,30)(H,29,31). The van der Waals surface area contributed by atoms with Crippen LogP contribution in [-0.4, -0.2) is 24.3 Å². The van der Waals surface area contributed by atoms with Gasteiger partial charge in [0.25, 0.3) is 11.8 Å². The Morgan fingerprint density at radius 1 is 0.941 bits per heavy atom. The molecule has 4 aromatic rings. The van der Waals surface area contributed by atoms with Crippen LogP contribution in [0.25, 0.3) is 10.1 Å². The van der Waals surface area contributed by atoms with Gasteiger partial charge in [-0.2, -0.15) is 5.10 Å². The number of nitrogens with one attached hydrogen (secondary N) is 2. The number of benzene rings is 3. The van der Waals surface area contributed by atoms with Gasteiger partial charge in [0.05, 0.1) is 10.7 Å². The highest BCUT2D eigenvalue weighted by molar-refractivity contribution is 7.21. The maximum Gasteiger partial charge on any atom is 0.283 e. The fourth-order valence-corrected chi connectivity index (χ4v) is 4.88. The lowest BCUT2D eigenvalue weighted by Gasteiger charge is -2.08. The number of hydrogen-bond acceptors (Lipinski definition) is 6. The lowest BCUT2D eigenvalue weighted by Crippen LogP contribution is -2.18. The second-order valence-electron chi connectivity index (χ2n) is 7.48. The van der Waals surface area contributed by atoms with E-state index in [2.05, 4.69) is 15.8 Å². The highest BCUT2D eigenvalue weighted by atomic mass is 35.5. The van der Waals surface area contributed by atoms with Crippen LogP contribution in [0.1, 0.15) is 32.5 Å². The summed E-state index contributed by atoms with van der Waals surface area (Å²) < 4.78 is 11.5. The van der Waals surface area contributed by atoms with E-state index >= 15 is 0 Å². The van der Waals surface area contributed by atoms with Gasteiger partial charge in [0.1, 0.15) is 4.88 Å². The van der Waals surface area contributed by atoms with Gasteiger partial charge in [-0.05, 0) is 48.9 Å². The van der Waals surface area contributed by atoms with Crippen molar-refractivity contribution in [1.29, 1.82) is 0 Å². The fourth-order valence-electron chi connectivity index (χ4n) is 3.47. The molecule has 0 fully saturated rings. The molecular formula is C25H18ClN3O4S. The quantitative estimate of drug-likeness (QED) is 0.277. The van der Waals surface area contributed by atoms with Gasteiger partial charge in [-0.3, -0.25) is 9.59 Å². The second kappa shape index (κ2) is 9.17. The van der Waals surface area contributed by atoms with Crippen molar-refractivity contribution in [2.45, 2.75) is 6.92 Å². The van der Waals surface area contributed by atoms with Gasteiger partial charge in [0, 0.05) is 21.3 Å². The SMILES string of the molecule is CC(=NNC(=O)c1sc2ccccc2c1Cl)c1cccc(NC(=O)c2ccc3c(c2)OCO3)c1. The van der Waals surface area contributed by atoms with Crippen molar-refractivity contribution >= 4 is 56.2 Å². The van der Waals surface area contributed by atoms with Crippen molar-refractivity contribution < 1.29 is 19.1 Å². The van der Waals surface area contributed by atoms with Crippen LogP contribution < -0.4 is 20.2 Å². The molecule has 0 aliphatic carbocycles. The monoisotopic (exact) mass is 491 g/mol. The molecule has 1 aliphatic heterocycles. The summed E-state index contributed by atoms with van der Waals surface area (Å²) in [5, 5.41) is 8.34. The Bertz CT molecular complexity index is 1460. The molecule has 1 aliphatic rings. The predicted molar refractivity (Wildman–Crippen MR) is 133 cm³/mol. The van der Waals surface area contributed by atoms with E-state index in [1.165, 1.54) is 11.3 Å². The third-order valence-electron chi connectivity index (χ3n) is 5.24. The molecule has 3 aromatic carbocycles. The van der Waals surface area contributed by atoms with E-state index in [4.69, 9.17) is 21.1 Å². The van der Waals surface area contributed by atoms with Gasteiger partial charge in [-0.1, -0.05) is 41.9 Å². The third kappa shape index (κ3) is 4.33. The second-order valence-corrected chi connectivity index (χ2v) is 8.91. The van der Waals surface area contributed by atoms with Crippen molar-refractivity contribution in [1.82, 2.24) is 5.43 Å². The minimum absolute atomic E-state index is 0.146. The number of carbonyl (C=O) groups is 2. The predicted octanol–water partition coefficient (Wildman–Crippen LogP) is 5.69. The summed E-state index contributed by atoms with van der Waals surface area (Å²) in [7, 11) is 0. The minimum Gasteiger partial charge on any atom is -0.454 e. The van der Waals surface area contributed by atoms with Gasteiger partial charge in [-0.15, -0.1) is 11.3 Å². The van der Waals surface area contributed by atoms with Crippen LogP contribution in [0.2, 0.25) is 5.02 Å². The fraction of sp³-hybridized carbons (Fsp3) is 0.0800. The normalized spacial score (nSPS) is 12.6. The maximum atomic E-state index is 12.7. The Hall–Kier alpha value is -3.88. The number of fused-ring (bicyclic) bond motifs is 2. The summed E-state index contributed by atoms with van der Waals surface area (Å²) in [5.74, 6) is 0.499. The van der Waals surface area contributed by atoms with Crippen molar-refractivity contribution in [3.63, 3.8) is 0 Å². The number of hydrazone groups is 1. The van der Waals surface area contributed by atoms with Crippen LogP contribution >= 0.6 is 22.9 Å². The maximum absolute atomic E-state index is 12.7. The summed E-state index contributed by atoms with van der Waals surface area (Å²) in [5.41, 5.74) is 4.93. The Labute approximate surface area is 204 Å². The molecule has 2 amide bonds. The van der Waals surface area contributed by atoms with Crippen molar-refractivity contribution in [2.24, 2.45) is 5.10 Å². The third-order valence-corrected chi connectivity index (χ3v) is 6.91. The first-order valence-electron chi connectivity index (χ1n) is 10.3. The summed E-state index contributed by atoms with van der Waals surface area (Å²) in [4.78, 5) is 25.7.